The van der Waals surface area contributed by atoms with E-state index in [1.165, 1.54) is 6.20 Å². The van der Waals surface area contributed by atoms with Gasteiger partial charge in [-0.15, -0.1) is 0 Å². The van der Waals surface area contributed by atoms with Crippen molar-refractivity contribution in [2.75, 3.05) is 23.7 Å². The van der Waals surface area contributed by atoms with Crippen LogP contribution in [0.2, 0.25) is 0 Å². The Morgan fingerprint density at radius 1 is 1.32 bits per heavy atom. The summed E-state index contributed by atoms with van der Waals surface area (Å²) in [4.78, 5) is 16.3. The molecule has 2 fully saturated rings. The van der Waals surface area contributed by atoms with Gasteiger partial charge in [-0.1, -0.05) is 0 Å². The number of pyridine rings is 1. The molecule has 19 heavy (non-hydrogen) atoms. The number of nitrogens with zero attached hydrogens (tertiary/aromatic N) is 2. The average molecular weight is 284 g/mol. The van der Waals surface area contributed by atoms with Crippen molar-refractivity contribution in [1.29, 1.82) is 0 Å². The van der Waals surface area contributed by atoms with Crippen LogP contribution in [-0.4, -0.2) is 53.9 Å². The third-order valence-corrected chi connectivity index (χ3v) is 6.04. The lowest BCUT2D eigenvalue weighted by Gasteiger charge is -2.61. The number of sulfone groups is 1. The first kappa shape index (κ1) is 12.5. The lowest BCUT2D eigenvalue weighted by Crippen LogP contribution is -2.80. The summed E-state index contributed by atoms with van der Waals surface area (Å²) in [5.41, 5.74) is -0.569. The van der Waals surface area contributed by atoms with Crippen molar-refractivity contribution >= 4 is 21.9 Å². The molecule has 0 saturated carbocycles. The summed E-state index contributed by atoms with van der Waals surface area (Å²) in [6, 6.07) is 3.24. The van der Waals surface area contributed by atoms with Crippen molar-refractivity contribution in [3.8, 4) is 0 Å². The first-order valence-corrected chi connectivity index (χ1v) is 7.30. The normalized spacial score (nSPS) is 25.5. The molecule has 2 aliphatic heterocycles. The van der Waals surface area contributed by atoms with E-state index < -0.39 is 20.4 Å². The maximum atomic E-state index is 11.3. The molecule has 7 nitrogen and oxygen atoms in total. The molecular formula is C11H12N2O5S. The van der Waals surface area contributed by atoms with Gasteiger partial charge < -0.3 is 15.1 Å². The Labute approximate surface area is 109 Å². The summed E-state index contributed by atoms with van der Waals surface area (Å²) >= 11 is 0. The fraction of sp³-hybridized carbons (Fsp3) is 0.455. The molecule has 102 valence electrons. The Bertz CT molecular complexity index is 632. The monoisotopic (exact) mass is 284 g/mol. The lowest BCUT2D eigenvalue weighted by molar-refractivity contribution is -0.197. The highest BCUT2D eigenvalue weighted by atomic mass is 32.2. The zero-order valence-electron chi connectivity index (χ0n) is 9.85. The van der Waals surface area contributed by atoms with E-state index in [9.17, 15) is 23.4 Å². The Balaban J connectivity index is 1.75. The first-order valence-electron chi connectivity index (χ1n) is 5.65. The number of carbonyl (C=O) groups is 1. The number of aromatic nitrogens is 1. The third kappa shape index (κ3) is 1.47. The smallest absolute Gasteiger partial charge is 0.279 e. The number of hydrogen-bond donors (Lipinski definition) is 2. The minimum absolute atomic E-state index is 0.215. The van der Waals surface area contributed by atoms with E-state index in [4.69, 9.17) is 0 Å². The van der Waals surface area contributed by atoms with Gasteiger partial charge in [-0.05, 0) is 12.1 Å². The van der Waals surface area contributed by atoms with E-state index in [0.717, 1.165) is 0 Å². The molecule has 3 rings (SSSR count). The quantitative estimate of drug-likeness (QED) is 0.517. The fourth-order valence-corrected chi connectivity index (χ4v) is 4.53. The topological polar surface area (TPSA) is 108 Å². The van der Waals surface area contributed by atoms with Crippen LogP contribution in [0, 0.1) is 5.41 Å². The molecule has 0 aliphatic carbocycles. The Morgan fingerprint density at radius 2 is 2.00 bits per heavy atom. The van der Waals surface area contributed by atoms with Gasteiger partial charge in [-0.2, -0.15) is 0 Å². The molecule has 0 bridgehead atoms. The Hall–Kier alpha value is -1.51. The van der Waals surface area contributed by atoms with Gasteiger partial charge in [0.25, 0.3) is 5.12 Å². The van der Waals surface area contributed by atoms with Gasteiger partial charge in [0.15, 0.2) is 6.29 Å². The van der Waals surface area contributed by atoms with Gasteiger partial charge in [0.2, 0.25) is 9.84 Å². The SMILES string of the molecule is O=Cc1ccc(N2CC3(C2)CS(=O)(=O)C3(O)O)nc1. The van der Waals surface area contributed by atoms with Crippen LogP contribution in [-0.2, 0) is 9.84 Å². The van der Waals surface area contributed by atoms with Crippen LogP contribution in [0.5, 0.6) is 0 Å². The minimum Gasteiger partial charge on any atom is -0.355 e. The predicted molar refractivity (Wildman–Crippen MR) is 65.2 cm³/mol. The zero-order valence-corrected chi connectivity index (χ0v) is 10.7. The maximum absolute atomic E-state index is 11.3. The number of rotatable bonds is 2. The van der Waals surface area contributed by atoms with Crippen LogP contribution >= 0.6 is 0 Å². The zero-order chi connectivity index (χ0) is 13.9. The number of anilines is 1. The number of carbonyl (C=O) groups excluding carboxylic acids is 1. The minimum atomic E-state index is -3.83. The first-order chi connectivity index (χ1) is 8.81. The molecule has 0 atom stereocenters. The molecule has 1 aromatic rings. The van der Waals surface area contributed by atoms with Crippen molar-refractivity contribution in [1.82, 2.24) is 4.98 Å². The lowest BCUT2D eigenvalue weighted by atomic mass is 9.79. The van der Waals surface area contributed by atoms with Gasteiger partial charge >= 0.3 is 0 Å². The van der Waals surface area contributed by atoms with E-state index in [-0.39, 0.29) is 18.8 Å². The van der Waals surface area contributed by atoms with Gasteiger partial charge in [0, 0.05) is 24.8 Å². The molecule has 1 spiro atoms. The third-order valence-electron chi connectivity index (χ3n) is 3.81. The van der Waals surface area contributed by atoms with Crippen molar-refractivity contribution in [3.05, 3.63) is 23.9 Å². The van der Waals surface area contributed by atoms with Crippen molar-refractivity contribution in [3.63, 3.8) is 0 Å². The molecule has 2 N–H and O–H groups in total. The predicted octanol–water partition coefficient (Wildman–Crippen LogP) is -1.23. The number of aldehydes is 1. The van der Waals surface area contributed by atoms with Crippen LogP contribution in [0.25, 0.3) is 0 Å². The van der Waals surface area contributed by atoms with Gasteiger partial charge in [-0.25, -0.2) is 13.4 Å². The summed E-state index contributed by atoms with van der Waals surface area (Å²) in [5, 5.41) is 16.6. The van der Waals surface area contributed by atoms with Gasteiger partial charge in [-0.3, -0.25) is 4.79 Å². The molecule has 0 amide bonds. The van der Waals surface area contributed by atoms with Crippen LogP contribution < -0.4 is 4.90 Å². The van der Waals surface area contributed by atoms with E-state index in [1.807, 2.05) is 0 Å². The van der Waals surface area contributed by atoms with Crippen molar-refractivity contribution in [2.24, 2.45) is 5.41 Å². The summed E-state index contributed by atoms with van der Waals surface area (Å²) in [7, 11) is -3.83. The van der Waals surface area contributed by atoms with Crippen LogP contribution in [0.4, 0.5) is 5.82 Å². The Kier molecular flexibility index (Phi) is 2.32. The molecule has 0 aromatic carbocycles. The Morgan fingerprint density at radius 3 is 2.42 bits per heavy atom. The van der Waals surface area contributed by atoms with E-state index in [0.29, 0.717) is 17.7 Å². The fourth-order valence-electron chi connectivity index (χ4n) is 2.61. The second-order valence-corrected chi connectivity index (χ2v) is 7.16. The van der Waals surface area contributed by atoms with Gasteiger partial charge in [0.1, 0.15) is 5.82 Å². The maximum Gasteiger partial charge on any atom is 0.279 e. The highest BCUT2D eigenvalue weighted by Crippen LogP contribution is 2.53. The average Bonchev–Trinajstić information content (AvgIpc) is 2.33. The standard InChI is InChI=1S/C11H12N2O5S/c14-4-8-1-2-9(12-3-8)13-5-10(6-13)7-19(17,18)11(10,15)16/h1-4,15-16H,5-7H2. The molecule has 3 heterocycles. The summed E-state index contributed by atoms with van der Waals surface area (Å²) in [6.07, 6.45) is 2.09. The highest BCUT2D eigenvalue weighted by Gasteiger charge is 2.74. The molecule has 2 aliphatic rings. The highest BCUT2D eigenvalue weighted by molar-refractivity contribution is 7.94. The second-order valence-electron chi connectivity index (χ2n) is 5.07. The second kappa shape index (κ2) is 3.53. The summed E-state index contributed by atoms with van der Waals surface area (Å²) < 4.78 is 22.6. The molecule has 8 heteroatoms. The molecule has 2 saturated heterocycles. The van der Waals surface area contributed by atoms with E-state index in [1.54, 1.807) is 17.0 Å². The molecule has 1 aromatic heterocycles. The van der Waals surface area contributed by atoms with Crippen molar-refractivity contribution in [2.45, 2.75) is 5.12 Å². The van der Waals surface area contributed by atoms with Crippen LogP contribution in [0.3, 0.4) is 0 Å². The van der Waals surface area contributed by atoms with Crippen LogP contribution in [0.1, 0.15) is 10.4 Å². The van der Waals surface area contributed by atoms with E-state index in [2.05, 4.69) is 4.98 Å². The summed E-state index contributed by atoms with van der Waals surface area (Å²) in [6.45, 7) is 0.430. The van der Waals surface area contributed by atoms with Crippen LogP contribution in [0.15, 0.2) is 18.3 Å². The molecular weight excluding hydrogens is 272 g/mol. The number of hydrogen-bond acceptors (Lipinski definition) is 7. The van der Waals surface area contributed by atoms with Crippen molar-refractivity contribution < 1.29 is 23.4 Å². The summed E-state index contributed by atoms with van der Waals surface area (Å²) in [5.74, 6) is 0.354. The van der Waals surface area contributed by atoms with Gasteiger partial charge in [0.05, 0.1) is 11.2 Å². The molecule has 0 unspecified atom stereocenters. The molecule has 0 radical (unpaired) electrons. The number of aliphatic hydroxyl groups is 2. The van der Waals surface area contributed by atoms with E-state index >= 15 is 0 Å². The largest absolute Gasteiger partial charge is 0.355 e.